The lowest BCUT2D eigenvalue weighted by atomic mass is 9.94. The van der Waals surface area contributed by atoms with Gasteiger partial charge in [0.05, 0.1) is 10.7 Å². The van der Waals surface area contributed by atoms with Gasteiger partial charge in [0.25, 0.3) is 0 Å². The summed E-state index contributed by atoms with van der Waals surface area (Å²) in [4.78, 5) is 2.78. The first-order valence-corrected chi connectivity index (χ1v) is 11.3. The number of likely N-dealkylation sites (tertiary alicyclic amines) is 1. The molecule has 1 aromatic heterocycles. The van der Waals surface area contributed by atoms with Crippen molar-refractivity contribution in [3.8, 4) is 11.3 Å². The molecule has 1 aromatic carbocycles. The molecule has 2 aromatic rings. The number of anilines is 1. The fourth-order valence-electron chi connectivity index (χ4n) is 5.65. The minimum Gasteiger partial charge on any atom is -0.366 e. The molecule has 3 fully saturated rings. The zero-order valence-corrected chi connectivity index (χ0v) is 17.4. The van der Waals surface area contributed by atoms with Crippen LogP contribution in [0, 0.1) is 17.7 Å². The second kappa shape index (κ2) is 8.19. The first kappa shape index (κ1) is 19.3. The van der Waals surface area contributed by atoms with Crippen molar-refractivity contribution in [3.63, 3.8) is 0 Å². The molecule has 0 radical (unpaired) electrons. The first-order chi connectivity index (χ1) is 14.2. The molecule has 0 bridgehead atoms. The summed E-state index contributed by atoms with van der Waals surface area (Å²) >= 11 is 6.18. The summed E-state index contributed by atoms with van der Waals surface area (Å²) in [6.07, 6.45) is 9.48. The molecule has 4 nitrogen and oxygen atoms in total. The second-order valence-corrected chi connectivity index (χ2v) is 9.41. The van der Waals surface area contributed by atoms with E-state index < -0.39 is 0 Å². The smallest absolute Gasteiger partial charge is 0.148 e. The van der Waals surface area contributed by atoms with E-state index in [0.717, 1.165) is 23.7 Å². The molecule has 5 rings (SSSR count). The SMILES string of the molecule is Fc1ccc(Cl)c(-c2ccc(N[C@H]3C[C@@H]4CN(C5CCCCC5)C[C@@H]4C3)nn2)c1. The summed E-state index contributed by atoms with van der Waals surface area (Å²) in [5.74, 6) is 2.09. The van der Waals surface area contributed by atoms with E-state index in [0.29, 0.717) is 22.3 Å². The molecule has 6 heteroatoms. The van der Waals surface area contributed by atoms with Crippen LogP contribution in [-0.2, 0) is 0 Å². The highest BCUT2D eigenvalue weighted by molar-refractivity contribution is 6.33. The van der Waals surface area contributed by atoms with E-state index in [2.05, 4.69) is 20.4 Å². The average Bonchev–Trinajstić information content (AvgIpc) is 3.30. The molecular weight excluding hydrogens is 387 g/mol. The van der Waals surface area contributed by atoms with Gasteiger partial charge in [0.15, 0.2) is 0 Å². The number of benzene rings is 1. The lowest BCUT2D eigenvalue weighted by Gasteiger charge is -2.32. The number of fused-ring (bicyclic) bond motifs is 1. The summed E-state index contributed by atoms with van der Waals surface area (Å²) < 4.78 is 13.5. The Morgan fingerprint density at radius 3 is 2.41 bits per heavy atom. The van der Waals surface area contributed by atoms with Crippen LogP contribution in [0.3, 0.4) is 0 Å². The van der Waals surface area contributed by atoms with E-state index in [9.17, 15) is 4.39 Å². The van der Waals surface area contributed by atoms with Gasteiger partial charge in [0.2, 0.25) is 0 Å². The lowest BCUT2D eigenvalue weighted by molar-refractivity contribution is 0.177. The zero-order valence-electron chi connectivity index (χ0n) is 16.7. The van der Waals surface area contributed by atoms with E-state index in [1.54, 1.807) is 6.07 Å². The second-order valence-electron chi connectivity index (χ2n) is 9.01. The summed E-state index contributed by atoms with van der Waals surface area (Å²) in [5, 5.41) is 12.6. The van der Waals surface area contributed by atoms with Gasteiger partial charge in [0.1, 0.15) is 11.6 Å². The van der Waals surface area contributed by atoms with Crippen LogP contribution >= 0.6 is 11.6 Å². The largest absolute Gasteiger partial charge is 0.366 e. The summed E-state index contributed by atoms with van der Waals surface area (Å²) in [6, 6.07) is 9.39. The molecule has 2 saturated carbocycles. The molecule has 29 heavy (non-hydrogen) atoms. The number of nitrogens with one attached hydrogen (secondary N) is 1. The lowest BCUT2D eigenvalue weighted by Crippen LogP contribution is -2.36. The van der Waals surface area contributed by atoms with E-state index in [4.69, 9.17) is 11.6 Å². The van der Waals surface area contributed by atoms with Gasteiger partial charge in [-0.2, -0.15) is 0 Å². The predicted molar refractivity (Wildman–Crippen MR) is 115 cm³/mol. The van der Waals surface area contributed by atoms with Gasteiger partial charge in [-0.15, -0.1) is 10.2 Å². The summed E-state index contributed by atoms with van der Waals surface area (Å²) in [7, 11) is 0. The van der Waals surface area contributed by atoms with Crippen molar-refractivity contribution in [1.29, 1.82) is 0 Å². The van der Waals surface area contributed by atoms with Crippen molar-refractivity contribution in [2.45, 2.75) is 57.0 Å². The molecule has 154 valence electrons. The van der Waals surface area contributed by atoms with E-state index in [1.807, 2.05) is 12.1 Å². The van der Waals surface area contributed by atoms with Crippen molar-refractivity contribution in [1.82, 2.24) is 15.1 Å². The van der Waals surface area contributed by atoms with Crippen LogP contribution in [-0.4, -0.2) is 40.3 Å². The van der Waals surface area contributed by atoms with Gasteiger partial charge in [-0.05, 0) is 67.9 Å². The van der Waals surface area contributed by atoms with Crippen LogP contribution in [0.1, 0.15) is 44.9 Å². The van der Waals surface area contributed by atoms with Crippen LogP contribution in [0.25, 0.3) is 11.3 Å². The molecule has 3 atom stereocenters. The minimum atomic E-state index is -0.326. The Labute approximate surface area is 176 Å². The Morgan fingerprint density at radius 1 is 0.966 bits per heavy atom. The topological polar surface area (TPSA) is 41.0 Å². The Bertz CT molecular complexity index is 838. The third-order valence-corrected chi connectivity index (χ3v) is 7.42. The maximum atomic E-state index is 13.5. The fourth-order valence-corrected chi connectivity index (χ4v) is 5.87. The van der Waals surface area contributed by atoms with Crippen molar-refractivity contribution in [2.75, 3.05) is 18.4 Å². The number of rotatable bonds is 4. The monoisotopic (exact) mass is 414 g/mol. The number of hydrogen-bond donors (Lipinski definition) is 1. The Kier molecular flexibility index (Phi) is 5.44. The van der Waals surface area contributed by atoms with Gasteiger partial charge in [0, 0.05) is 30.7 Å². The zero-order chi connectivity index (χ0) is 19.8. The third kappa shape index (κ3) is 4.13. The Hall–Kier alpha value is -1.72. The van der Waals surface area contributed by atoms with Gasteiger partial charge in [-0.3, -0.25) is 4.90 Å². The number of nitrogens with zero attached hydrogens (tertiary/aromatic N) is 3. The third-order valence-electron chi connectivity index (χ3n) is 7.09. The van der Waals surface area contributed by atoms with Crippen LogP contribution in [0.5, 0.6) is 0 Å². The van der Waals surface area contributed by atoms with Crippen LogP contribution in [0.4, 0.5) is 10.2 Å². The van der Waals surface area contributed by atoms with Crippen molar-refractivity contribution in [3.05, 3.63) is 41.2 Å². The van der Waals surface area contributed by atoms with Gasteiger partial charge < -0.3 is 5.32 Å². The minimum absolute atomic E-state index is 0.326. The van der Waals surface area contributed by atoms with Crippen molar-refractivity contribution >= 4 is 17.4 Å². The molecule has 1 aliphatic heterocycles. The summed E-state index contributed by atoms with van der Waals surface area (Å²) in [5.41, 5.74) is 1.16. The maximum absolute atomic E-state index is 13.5. The molecule has 2 heterocycles. The molecule has 2 aliphatic carbocycles. The van der Waals surface area contributed by atoms with Crippen molar-refractivity contribution < 1.29 is 4.39 Å². The first-order valence-electron chi connectivity index (χ1n) is 11.0. The average molecular weight is 415 g/mol. The van der Waals surface area contributed by atoms with Crippen LogP contribution < -0.4 is 5.32 Å². The Morgan fingerprint density at radius 2 is 1.72 bits per heavy atom. The normalized spacial score (nSPS) is 27.9. The fraction of sp³-hybridized carbons (Fsp3) is 0.565. The maximum Gasteiger partial charge on any atom is 0.148 e. The highest BCUT2D eigenvalue weighted by Gasteiger charge is 2.42. The predicted octanol–water partition coefficient (Wildman–Crippen LogP) is 5.39. The molecule has 0 amide bonds. The van der Waals surface area contributed by atoms with E-state index in [1.165, 1.54) is 70.2 Å². The van der Waals surface area contributed by atoms with E-state index in [-0.39, 0.29) is 5.82 Å². The van der Waals surface area contributed by atoms with Gasteiger partial charge in [-0.25, -0.2) is 4.39 Å². The highest BCUT2D eigenvalue weighted by Crippen LogP contribution is 2.41. The standard InChI is InChI=1S/C23H28ClFN4/c24-21-7-6-17(25)12-20(21)22-8-9-23(28-27-22)26-18-10-15-13-29(14-16(15)11-18)19-4-2-1-3-5-19/h6-9,12,15-16,18-19H,1-5,10-11,13-14H2,(H,26,28)/t15-,16+,18+. The molecule has 0 unspecified atom stereocenters. The number of aromatic nitrogens is 2. The van der Waals surface area contributed by atoms with Gasteiger partial charge in [-0.1, -0.05) is 30.9 Å². The Balaban J connectivity index is 1.18. The van der Waals surface area contributed by atoms with Crippen molar-refractivity contribution in [2.24, 2.45) is 11.8 Å². The van der Waals surface area contributed by atoms with Gasteiger partial charge >= 0.3 is 0 Å². The van der Waals surface area contributed by atoms with Crippen LogP contribution in [0.15, 0.2) is 30.3 Å². The summed E-state index contributed by atoms with van der Waals surface area (Å²) in [6.45, 7) is 2.55. The molecule has 1 saturated heterocycles. The molecule has 0 spiro atoms. The van der Waals surface area contributed by atoms with Crippen LogP contribution in [0.2, 0.25) is 5.02 Å². The highest BCUT2D eigenvalue weighted by atomic mass is 35.5. The molecule has 1 N–H and O–H groups in total. The number of hydrogen-bond acceptors (Lipinski definition) is 4. The molecule has 3 aliphatic rings. The number of halogens is 2. The van der Waals surface area contributed by atoms with E-state index >= 15 is 0 Å². The quantitative estimate of drug-likeness (QED) is 0.728. The molecular formula is C23H28ClFN4.